The fraction of sp³-hybridized carbons (Fsp3) is 0.800. The Morgan fingerprint density at radius 2 is 1.80 bits per heavy atom. The van der Waals surface area contributed by atoms with Crippen LogP contribution in [-0.4, -0.2) is 9.96 Å². The first-order chi connectivity index (χ1) is 4.31. The minimum Gasteiger partial charge on any atom is -0.218 e. The first-order valence-electron chi connectivity index (χ1n) is 2.55. The summed E-state index contributed by atoms with van der Waals surface area (Å²) < 4.78 is 36.7. The van der Waals surface area contributed by atoms with Crippen molar-refractivity contribution in [2.24, 2.45) is 0 Å². The smallest absolute Gasteiger partial charge is 0.218 e. The standard InChI is InChI=1S/C5H6BrClF3/c1-2-3-4(7,8)5(6,9)10/h1-3H2. The Bertz CT molecular complexity index is 110. The van der Waals surface area contributed by atoms with Gasteiger partial charge in [-0.25, -0.2) is 4.39 Å². The summed E-state index contributed by atoms with van der Waals surface area (Å²) in [5, 5.41) is -3.02. The van der Waals surface area contributed by atoms with E-state index in [0.717, 1.165) is 0 Å². The van der Waals surface area contributed by atoms with Crippen LogP contribution in [0.2, 0.25) is 0 Å². The number of rotatable bonds is 3. The molecule has 1 radical (unpaired) electrons. The summed E-state index contributed by atoms with van der Waals surface area (Å²) in [6.07, 6.45) is -0.450. The van der Waals surface area contributed by atoms with Crippen molar-refractivity contribution in [3.63, 3.8) is 0 Å². The van der Waals surface area contributed by atoms with Crippen molar-refractivity contribution in [3.8, 4) is 0 Å². The predicted octanol–water partition coefficient (Wildman–Crippen LogP) is 3.49. The summed E-state index contributed by atoms with van der Waals surface area (Å²) in [7, 11) is 0. The molecular formula is C5H6BrClF3. The van der Waals surface area contributed by atoms with E-state index in [2.05, 4.69) is 6.92 Å². The van der Waals surface area contributed by atoms with E-state index in [0.29, 0.717) is 0 Å². The van der Waals surface area contributed by atoms with Crippen LogP contribution in [0.15, 0.2) is 0 Å². The Hall–Kier alpha value is 0.560. The molecule has 0 spiro atoms. The third kappa shape index (κ3) is 2.66. The van der Waals surface area contributed by atoms with Gasteiger partial charge in [0, 0.05) is 6.42 Å². The van der Waals surface area contributed by atoms with Crippen molar-refractivity contribution in [1.29, 1.82) is 0 Å². The molecule has 0 saturated heterocycles. The monoisotopic (exact) mass is 237 g/mol. The van der Waals surface area contributed by atoms with E-state index < -0.39 is 16.4 Å². The first kappa shape index (κ1) is 10.6. The molecule has 0 rings (SSSR count). The Balaban J connectivity index is 4.10. The van der Waals surface area contributed by atoms with Crippen LogP contribution in [0, 0.1) is 6.92 Å². The van der Waals surface area contributed by atoms with E-state index in [1.807, 2.05) is 15.9 Å². The molecule has 1 atom stereocenters. The van der Waals surface area contributed by atoms with E-state index >= 15 is 0 Å². The molecule has 0 aliphatic rings. The zero-order valence-electron chi connectivity index (χ0n) is 5.01. The summed E-state index contributed by atoms with van der Waals surface area (Å²) in [5.41, 5.74) is 0. The van der Waals surface area contributed by atoms with Crippen LogP contribution in [0.5, 0.6) is 0 Å². The highest BCUT2D eigenvalue weighted by Crippen LogP contribution is 2.44. The van der Waals surface area contributed by atoms with E-state index in [9.17, 15) is 13.2 Å². The van der Waals surface area contributed by atoms with Gasteiger partial charge in [0.1, 0.15) is 0 Å². The van der Waals surface area contributed by atoms with Crippen molar-refractivity contribution in [2.45, 2.75) is 22.8 Å². The molecule has 0 nitrogen and oxygen atoms in total. The third-order valence-electron chi connectivity index (χ3n) is 0.905. The van der Waals surface area contributed by atoms with Crippen LogP contribution in [0.4, 0.5) is 13.2 Å². The van der Waals surface area contributed by atoms with Gasteiger partial charge in [0.25, 0.3) is 5.13 Å². The summed E-state index contributed by atoms with van der Waals surface area (Å²) in [6, 6.07) is 0. The van der Waals surface area contributed by atoms with Crippen molar-refractivity contribution < 1.29 is 13.2 Å². The molecule has 1 unspecified atom stereocenters. The third-order valence-corrected chi connectivity index (χ3v) is 2.19. The van der Waals surface area contributed by atoms with Crippen LogP contribution in [0.1, 0.15) is 12.8 Å². The molecule has 0 aromatic rings. The molecule has 0 fully saturated rings. The van der Waals surface area contributed by atoms with Gasteiger partial charge < -0.3 is 0 Å². The predicted molar refractivity (Wildman–Crippen MR) is 38.2 cm³/mol. The van der Waals surface area contributed by atoms with Gasteiger partial charge in [0.2, 0.25) is 0 Å². The maximum Gasteiger partial charge on any atom is 0.348 e. The lowest BCUT2D eigenvalue weighted by atomic mass is 10.2. The van der Waals surface area contributed by atoms with Crippen molar-refractivity contribution in [1.82, 2.24) is 0 Å². The Kier molecular flexibility index (Phi) is 3.49. The molecule has 0 N–H and O–H groups in total. The van der Waals surface area contributed by atoms with Crippen LogP contribution in [0.3, 0.4) is 0 Å². The molecule has 0 aliphatic heterocycles. The minimum atomic E-state index is -3.68. The summed E-state index contributed by atoms with van der Waals surface area (Å²) in [5.74, 6) is 0. The molecule has 10 heavy (non-hydrogen) atoms. The highest BCUT2D eigenvalue weighted by atomic mass is 79.9. The summed E-state index contributed by atoms with van der Waals surface area (Å²) >= 11 is 6.64. The van der Waals surface area contributed by atoms with Gasteiger partial charge in [-0.2, -0.15) is 8.78 Å². The summed E-state index contributed by atoms with van der Waals surface area (Å²) in [6.45, 7) is 3.21. The lowest BCUT2D eigenvalue weighted by molar-refractivity contribution is -0.00897. The molecular weight excluding hydrogens is 232 g/mol. The van der Waals surface area contributed by atoms with E-state index in [1.165, 1.54) is 0 Å². The van der Waals surface area contributed by atoms with Gasteiger partial charge in [-0.1, -0.05) is 18.5 Å². The minimum absolute atomic E-state index is 0.0290. The average Bonchev–Trinajstić information content (AvgIpc) is 1.61. The molecule has 0 saturated carbocycles. The number of alkyl halides is 5. The Morgan fingerprint density at radius 3 is 1.90 bits per heavy atom. The SMILES string of the molecule is [CH2]CCC(F)(Cl)C(F)(F)Br. The van der Waals surface area contributed by atoms with Crippen LogP contribution < -0.4 is 0 Å². The van der Waals surface area contributed by atoms with Crippen LogP contribution >= 0.6 is 27.5 Å². The molecule has 0 aromatic carbocycles. The quantitative estimate of drug-likeness (QED) is 0.660. The van der Waals surface area contributed by atoms with Gasteiger partial charge in [0.05, 0.1) is 0 Å². The molecule has 5 heteroatoms. The van der Waals surface area contributed by atoms with Gasteiger partial charge in [-0.15, -0.1) is 0 Å². The lowest BCUT2D eigenvalue weighted by Crippen LogP contribution is -2.33. The zero-order valence-corrected chi connectivity index (χ0v) is 7.35. The number of halogens is 5. The maximum absolute atomic E-state index is 12.5. The Morgan fingerprint density at radius 1 is 1.40 bits per heavy atom. The van der Waals surface area contributed by atoms with Crippen LogP contribution in [-0.2, 0) is 0 Å². The molecule has 0 heterocycles. The second-order valence-corrected chi connectivity index (χ2v) is 3.40. The highest BCUT2D eigenvalue weighted by molar-refractivity contribution is 9.10. The van der Waals surface area contributed by atoms with E-state index in [4.69, 9.17) is 11.6 Å². The second kappa shape index (κ2) is 3.30. The van der Waals surface area contributed by atoms with Gasteiger partial charge in [-0.3, -0.25) is 0 Å². The van der Waals surface area contributed by atoms with Gasteiger partial charge in [0.15, 0.2) is 0 Å². The number of hydrogen-bond donors (Lipinski definition) is 0. The molecule has 0 aliphatic carbocycles. The molecule has 0 aromatic heterocycles. The van der Waals surface area contributed by atoms with Crippen molar-refractivity contribution in [2.75, 3.05) is 0 Å². The summed E-state index contributed by atoms with van der Waals surface area (Å²) in [4.78, 5) is -3.68. The molecule has 61 valence electrons. The molecule has 0 bridgehead atoms. The zero-order chi connectivity index (χ0) is 8.41. The molecule has 0 amide bonds. The maximum atomic E-state index is 12.5. The largest absolute Gasteiger partial charge is 0.348 e. The van der Waals surface area contributed by atoms with Gasteiger partial charge in [-0.05, 0) is 22.4 Å². The fourth-order valence-electron chi connectivity index (χ4n) is 0.364. The van der Waals surface area contributed by atoms with Crippen molar-refractivity contribution >= 4 is 27.5 Å². The number of hydrogen-bond acceptors (Lipinski definition) is 0. The Labute approximate surface area is 70.9 Å². The highest BCUT2D eigenvalue weighted by Gasteiger charge is 2.50. The lowest BCUT2D eigenvalue weighted by Gasteiger charge is -2.21. The van der Waals surface area contributed by atoms with E-state index in [-0.39, 0.29) is 6.42 Å². The fourth-order valence-corrected chi connectivity index (χ4v) is 0.696. The normalized spacial score (nSPS) is 18.6. The van der Waals surface area contributed by atoms with Crippen molar-refractivity contribution in [3.05, 3.63) is 6.92 Å². The van der Waals surface area contributed by atoms with Crippen LogP contribution in [0.25, 0.3) is 0 Å². The van der Waals surface area contributed by atoms with Gasteiger partial charge >= 0.3 is 4.83 Å². The first-order valence-corrected chi connectivity index (χ1v) is 3.72. The van der Waals surface area contributed by atoms with E-state index in [1.54, 1.807) is 0 Å². The average molecular weight is 238 g/mol. The topological polar surface area (TPSA) is 0 Å². The second-order valence-electron chi connectivity index (χ2n) is 1.81.